The highest BCUT2D eigenvalue weighted by molar-refractivity contribution is 5.36. The lowest BCUT2D eigenvalue weighted by atomic mass is 10.4. The predicted molar refractivity (Wildman–Crippen MR) is 57.6 cm³/mol. The zero-order valence-electron chi connectivity index (χ0n) is 8.74. The van der Waals surface area contributed by atoms with E-state index >= 15 is 0 Å². The maximum atomic E-state index is 4.41. The fraction of sp³-hybridized carbons (Fsp3) is 0.700. The Kier molecular flexibility index (Phi) is 3.03. The van der Waals surface area contributed by atoms with Crippen LogP contribution >= 0.6 is 0 Å². The van der Waals surface area contributed by atoms with Crippen LogP contribution in [0.15, 0.2) is 12.5 Å². The van der Waals surface area contributed by atoms with Crippen LogP contribution in [0.25, 0.3) is 0 Å². The zero-order valence-corrected chi connectivity index (χ0v) is 8.74. The monoisotopic (exact) mass is 194 g/mol. The molecule has 1 aliphatic rings. The van der Waals surface area contributed by atoms with Crippen molar-refractivity contribution in [3.05, 3.63) is 12.5 Å². The number of anilines is 1. The lowest BCUT2D eigenvalue weighted by Gasteiger charge is -2.18. The average molecular weight is 194 g/mol. The molecule has 14 heavy (non-hydrogen) atoms. The third kappa shape index (κ3) is 2.07. The molecule has 0 aromatic carbocycles. The van der Waals surface area contributed by atoms with Crippen molar-refractivity contribution in [3.63, 3.8) is 0 Å². The molecule has 0 saturated carbocycles. The fourth-order valence-electron chi connectivity index (χ4n) is 1.76. The SMILES string of the molecule is CCn1cnc(N2CCCNCC2)c1. The third-order valence-corrected chi connectivity index (χ3v) is 2.65. The second-order valence-corrected chi connectivity index (χ2v) is 3.65. The van der Waals surface area contributed by atoms with E-state index in [1.54, 1.807) is 0 Å². The van der Waals surface area contributed by atoms with E-state index in [2.05, 4.69) is 32.9 Å². The van der Waals surface area contributed by atoms with E-state index in [4.69, 9.17) is 0 Å². The van der Waals surface area contributed by atoms with Crippen LogP contribution in [0, 0.1) is 0 Å². The molecule has 4 heteroatoms. The van der Waals surface area contributed by atoms with Crippen LogP contribution in [0.3, 0.4) is 0 Å². The first-order valence-electron chi connectivity index (χ1n) is 5.37. The summed E-state index contributed by atoms with van der Waals surface area (Å²) in [6.45, 7) is 7.52. The van der Waals surface area contributed by atoms with Gasteiger partial charge in [-0.2, -0.15) is 0 Å². The van der Waals surface area contributed by atoms with E-state index in [0.29, 0.717) is 0 Å². The van der Waals surface area contributed by atoms with Gasteiger partial charge in [0.1, 0.15) is 5.82 Å². The van der Waals surface area contributed by atoms with E-state index in [9.17, 15) is 0 Å². The van der Waals surface area contributed by atoms with Gasteiger partial charge in [-0.3, -0.25) is 0 Å². The Hall–Kier alpha value is -1.03. The maximum absolute atomic E-state index is 4.41. The Labute approximate surface area is 84.9 Å². The van der Waals surface area contributed by atoms with E-state index in [1.807, 2.05) is 6.33 Å². The highest BCUT2D eigenvalue weighted by atomic mass is 15.2. The molecule has 1 N–H and O–H groups in total. The van der Waals surface area contributed by atoms with Gasteiger partial charge in [0, 0.05) is 32.4 Å². The molecule has 0 amide bonds. The van der Waals surface area contributed by atoms with Crippen molar-refractivity contribution in [1.29, 1.82) is 0 Å². The van der Waals surface area contributed by atoms with E-state index in [-0.39, 0.29) is 0 Å². The number of hydrogen-bond acceptors (Lipinski definition) is 3. The molecule has 0 atom stereocenters. The van der Waals surface area contributed by atoms with Crippen LogP contribution in [-0.2, 0) is 6.54 Å². The molecular weight excluding hydrogens is 176 g/mol. The van der Waals surface area contributed by atoms with Crippen LogP contribution in [0.4, 0.5) is 5.82 Å². The Morgan fingerprint density at radius 3 is 3.14 bits per heavy atom. The summed E-state index contributed by atoms with van der Waals surface area (Å²) in [7, 11) is 0. The Morgan fingerprint density at radius 2 is 2.36 bits per heavy atom. The number of aromatic nitrogens is 2. The van der Waals surface area contributed by atoms with Crippen LogP contribution < -0.4 is 10.2 Å². The van der Waals surface area contributed by atoms with Crippen LogP contribution in [0.2, 0.25) is 0 Å². The van der Waals surface area contributed by atoms with Gasteiger partial charge in [0.15, 0.2) is 0 Å². The van der Waals surface area contributed by atoms with Gasteiger partial charge >= 0.3 is 0 Å². The predicted octanol–water partition coefficient (Wildman–Crippen LogP) is 0.703. The van der Waals surface area contributed by atoms with Gasteiger partial charge in [-0.15, -0.1) is 0 Å². The summed E-state index contributed by atoms with van der Waals surface area (Å²) in [5, 5.41) is 3.39. The molecule has 1 aromatic rings. The third-order valence-electron chi connectivity index (χ3n) is 2.65. The zero-order chi connectivity index (χ0) is 9.80. The molecule has 78 valence electrons. The number of nitrogens with one attached hydrogen (secondary N) is 1. The summed E-state index contributed by atoms with van der Waals surface area (Å²) < 4.78 is 2.12. The van der Waals surface area contributed by atoms with Crippen molar-refractivity contribution >= 4 is 5.82 Å². The standard InChI is InChI=1S/C10H18N4/c1-2-13-8-10(12-9-13)14-6-3-4-11-5-7-14/h8-9,11H,2-7H2,1H3. The molecule has 1 fully saturated rings. The second kappa shape index (κ2) is 4.46. The number of imidazole rings is 1. The molecule has 1 aliphatic heterocycles. The topological polar surface area (TPSA) is 33.1 Å². The smallest absolute Gasteiger partial charge is 0.146 e. The van der Waals surface area contributed by atoms with Crippen molar-refractivity contribution in [2.45, 2.75) is 19.9 Å². The Morgan fingerprint density at radius 1 is 1.43 bits per heavy atom. The number of aryl methyl sites for hydroxylation is 1. The summed E-state index contributed by atoms with van der Waals surface area (Å²) in [4.78, 5) is 6.77. The summed E-state index contributed by atoms with van der Waals surface area (Å²) in [5.41, 5.74) is 0. The molecule has 4 nitrogen and oxygen atoms in total. The summed E-state index contributed by atoms with van der Waals surface area (Å²) in [6, 6.07) is 0. The Balaban J connectivity index is 2.04. The fourth-order valence-corrected chi connectivity index (χ4v) is 1.76. The summed E-state index contributed by atoms with van der Waals surface area (Å²) in [5.74, 6) is 1.12. The molecule has 0 bridgehead atoms. The first-order valence-corrected chi connectivity index (χ1v) is 5.37. The normalized spacial score (nSPS) is 18.2. The van der Waals surface area contributed by atoms with E-state index < -0.39 is 0 Å². The molecule has 0 spiro atoms. The number of nitrogens with zero attached hydrogens (tertiary/aromatic N) is 3. The second-order valence-electron chi connectivity index (χ2n) is 3.65. The van der Waals surface area contributed by atoms with Gasteiger partial charge in [-0.25, -0.2) is 4.98 Å². The summed E-state index contributed by atoms with van der Waals surface area (Å²) in [6.07, 6.45) is 5.25. The minimum atomic E-state index is 0.999. The molecule has 0 aliphatic carbocycles. The molecule has 0 radical (unpaired) electrons. The average Bonchev–Trinajstić information content (AvgIpc) is 2.53. The van der Waals surface area contributed by atoms with Crippen molar-refractivity contribution in [3.8, 4) is 0 Å². The molecular formula is C10H18N4. The number of rotatable bonds is 2. The van der Waals surface area contributed by atoms with Crippen molar-refractivity contribution in [2.75, 3.05) is 31.1 Å². The molecule has 0 unspecified atom stereocenters. The quantitative estimate of drug-likeness (QED) is 0.752. The van der Waals surface area contributed by atoms with Gasteiger partial charge in [-0.05, 0) is 19.9 Å². The van der Waals surface area contributed by atoms with Crippen LogP contribution in [-0.4, -0.2) is 35.7 Å². The van der Waals surface area contributed by atoms with Crippen molar-refractivity contribution in [1.82, 2.24) is 14.9 Å². The minimum Gasteiger partial charge on any atom is -0.354 e. The first-order chi connectivity index (χ1) is 6.90. The largest absolute Gasteiger partial charge is 0.354 e. The van der Waals surface area contributed by atoms with Gasteiger partial charge in [-0.1, -0.05) is 0 Å². The van der Waals surface area contributed by atoms with E-state index in [1.165, 1.54) is 6.42 Å². The highest BCUT2D eigenvalue weighted by Gasteiger charge is 2.11. The highest BCUT2D eigenvalue weighted by Crippen LogP contribution is 2.11. The van der Waals surface area contributed by atoms with Crippen molar-refractivity contribution < 1.29 is 0 Å². The summed E-state index contributed by atoms with van der Waals surface area (Å²) >= 11 is 0. The number of hydrogen-bond donors (Lipinski definition) is 1. The molecule has 1 aromatic heterocycles. The molecule has 1 saturated heterocycles. The van der Waals surface area contributed by atoms with Gasteiger partial charge in [0.25, 0.3) is 0 Å². The molecule has 2 rings (SSSR count). The van der Waals surface area contributed by atoms with Crippen LogP contribution in [0.5, 0.6) is 0 Å². The van der Waals surface area contributed by atoms with Crippen LogP contribution in [0.1, 0.15) is 13.3 Å². The molecule has 2 heterocycles. The van der Waals surface area contributed by atoms with Gasteiger partial charge in [0.05, 0.1) is 6.33 Å². The van der Waals surface area contributed by atoms with Crippen molar-refractivity contribution in [2.24, 2.45) is 0 Å². The first kappa shape index (κ1) is 9.52. The van der Waals surface area contributed by atoms with Gasteiger partial charge in [0.2, 0.25) is 0 Å². The Bertz CT molecular complexity index is 273. The van der Waals surface area contributed by atoms with E-state index in [0.717, 1.165) is 38.5 Å². The van der Waals surface area contributed by atoms with Gasteiger partial charge < -0.3 is 14.8 Å². The lowest BCUT2D eigenvalue weighted by molar-refractivity contribution is 0.724. The minimum absolute atomic E-state index is 0.999. The lowest BCUT2D eigenvalue weighted by Crippen LogP contribution is -2.28. The maximum Gasteiger partial charge on any atom is 0.146 e.